The molecule has 0 aromatic heterocycles. The molecule has 0 bridgehead atoms. The maximum Gasteiger partial charge on any atom is 0.227 e. The number of rotatable bonds is 4. The van der Waals surface area contributed by atoms with Gasteiger partial charge in [0.25, 0.3) is 0 Å². The van der Waals surface area contributed by atoms with Crippen molar-refractivity contribution in [2.75, 3.05) is 20.1 Å². The zero-order valence-electron chi connectivity index (χ0n) is 13.4. The third-order valence-corrected chi connectivity index (χ3v) is 4.85. The van der Waals surface area contributed by atoms with Crippen molar-refractivity contribution in [3.05, 3.63) is 0 Å². The molecule has 1 saturated heterocycles. The first-order valence-corrected chi connectivity index (χ1v) is 8.11. The van der Waals surface area contributed by atoms with E-state index in [1.807, 2.05) is 4.90 Å². The number of carbonyl (C=O) groups is 2. The van der Waals surface area contributed by atoms with Crippen molar-refractivity contribution in [1.82, 2.24) is 9.80 Å². The van der Waals surface area contributed by atoms with Crippen molar-refractivity contribution in [3.63, 3.8) is 0 Å². The highest BCUT2D eigenvalue weighted by molar-refractivity contribution is 5.89. The Morgan fingerprint density at radius 2 is 2.00 bits per heavy atom. The number of hydrogen-bond acceptors (Lipinski definition) is 3. The standard InChI is InChI=1S/C16H28N2O3/c1-11-4-6-14(7-5-11)18-10-13(8-15(18)20)16(21)17(3)9-12(2)19/h11-14,19H,4-10H2,1-3H3/t11?,12-,13-,14?/m0/s1. The lowest BCUT2D eigenvalue weighted by atomic mass is 9.86. The molecule has 1 N–H and O–H groups in total. The van der Waals surface area contributed by atoms with Crippen LogP contribution in [0.3, 0.4) is 0 Å². The van der Waals surface area contributed by atoms with Gasteiger partial charge in [-0.3, -0.25) is 9.59 Å². The van der Waals surface area contributed by atoms with E-state index in [4.69, 9.17) is 0 Å². The highest BCUT2D eigenvalue weighted by Gasteiger charge is 2.39. The van der Waals surface area contributed by atoms with Crippen LogP contribution in [0.4, 0.5) is 0 Å². The molecule has 2 atom stereocenters. The summed E-state index contributed by atoms with van der Waals surface area (Å²) in [6.45, 7) is 4.81. The highest BCUT2D eigenvalue weighted by atomic mass is 16.3. The molecule has 0 unspecified atom stereocenters. The second kappa shape index (κ2) is 6.77. The van der Waals surface area contributed by atoms with E-state index >= 15 is 0 Å². The van der Waals surface area contributed by atoms with Crippen LogP contribution >= 0.6 is 0 Å². The lowest BCUT2D eigenvalue weighted by Gasteiger charge is -2.33. The molecule has 2 rings (SSSR count). The summed E-state index contributed by atoms with van der Waals surface area (Å²) in [5.41, 5.74) is 0. The van der Waals surface area contributed by atoms with E-state index in [1.165, 1.54) is 12.8 Å². The SMILES string of the molecule is CC1CCC(N2C[C@@H](C(=O)N(C)C[C@H](C)O)CC2=O)CC1. The minimum atomic E-state index is -0.535. The first kappa shape index (κ1) is 16.3. The van der Waals surface area contributed by atoms with Gasteiger partial charge in [0.2, 0.25) is 11.8 Å². The third-order valence-electron chi connectivity index (χ3n) is 4.85. The van der Waals surface area contributed by atoms with Crippen LogP contribution in [0.5, 0.6) is 0 Å². The number of hydrogen-bond donors (Lipinski definition) is 1. The number of carbonyl (C=O) groups excluding carboxylic acids is 2. The van der Waals surface area contributed by atoms with Crippen LogP contribution in [0.1, 0.15) is 46.0 Å². The van der Waals surface area contributed by atoms with Crippen LogP contribution in [-0.4, -0.2) is 59.0 Å². The van der Waals surface area contributed by atoms with E-state index in [2.05, 4.69) is 6.92 Å². The predicted molar refractivity (Wildman–Crippen MR) is 80.6 cm³/mol. The molecule has 1 saturated carbocycles. The average molecular weight is 296 g/mol. The smallest absolute Gasteiger partial charge is 0.227 e. The fraction of sp³-hybridized carbons (Fsp3) is 0.875. The molecule has 21 heavy (non-hydrogen) atoms. The fourth-order valence-corrected chi connectivity index (χ4v) is 3.60. The van der Waals surface area contributed by atoms with Crippen molar-refractivity contribution in [2.45, 2.75) is 58.1 Å². The van der Waals surface area contributed by atoms with E-state index in [9.17, 15) is 14.7 Å². The van der Waals surface area contributed by atoms with Gasteiger partial charge in [-0.05, 0) is 38.5 Å². The van der Waals surface area contributed by atoms with Gasteiger partial charge in [0.1, 0.15) is 0 Å². The normalized spacial score (nSPS) is 31.3. The van der Waals surface area contributed by atoms with Gasteiger partial charge in [0.05, 0.1) is 12.0 Å². The molecule has 0 aromatic carbocycles. The maximum absolute atomic E-state index is 12.3. The summed E-state index contributed by atoms with van der Waals surface area (Å²) in [7, 11) is 1.70. The van der Waals surface area contributed by atoms with Crippen molar-refractivity contribution in [2.24, 2.45) is 11.8 Å². The number of likely N-dealkylation sites (N-methyl/N-ethyl adjacent to an activating group) is 1. The monoisotopic (exact) mass is 296 g/mol. The number of aliphatic hydroxyl groups excluding tert-OH is 1. The minimum Gasteiger partial charge on any atom is -0.392 e. The Balaban J connectivity index is 1.91. The van der Waals surface area contributed by atoms with E-state index in [0.717, 1.165) is 18.8 Å². The number of aliphatic hydroxyl groups is 1. The molecule has 1 heterocycles. The van der Waals surface area contributed by atoms with E-state index in [1.54, 1.807) is 18.9 Å². The summed E-state index contributed by atoms with van der Waals surface area (Å²) in [6.07, 6.45) is 4.28. The van der Waals surface area contributed by atoms with Gasteiger partial charge >= 0.3 is 0 Å². The summed E-state index contributed by atoms with van der Waals surface area (Å²) >= 11 is 0. The molecule has 1 aliphatic carbocycles. The van der Waals surface area contributed by atoms with Gasteiger partial charge in [-0.15, -0.1) is 0 Å². The second-order valence-corrected chi connectivity index (χ2v) is 6.93. The number of nitrogens with zero attached hydrogens (tertiary/aromatic N) is 2. The van der Waals surface area contributed by atoms with Gasteiger partial charge < -0.3 is 14.9 Å². The average Bonchev–Trinajstić information content (AvgIpc) is 2.80. The first-order chi connectivity index (χ1) is 9.88. The Morgan fingerprint density at radius 3 is 2.57 bits per heavy atom. The molecule has 2 fully saturated rings. The highest BCUT2D eigenvalue weighted by Crippen LogP contribution is 2.31. The summed E-state index contributed by atoms with van der Waals surface area (Å²) < 4.78 is 0. The topological polar surface area (TPSA) is 60.9 Å². The Bertz CT molecular complexity index is 389. The fourth-order valence-electron chi connectivity index (χ4n) is 3.60. The molecule has 0 spiro atoms. The quantitative estimate of drug-likeness (QED) is 0.849. The van der Waals surface area contributed by atoms with Crippen LogP contribution in [0.2, 0.25) is 0 Å². The van der Waals surface area contributed by atoms with Crippen LogP contribution in [0, 0.1) is 11.8 Å². The van der Waals surface area contributed by atoms with Crippen molar-refractivity contribution >= 4 is 11.8 Å². The lowest BCUT2D eigenvalue weighted by molar-refractivity contribution is -0.135. The molecule has 5 heteroatoms. The molecular weight excluding hydrogens is 268 g/mol. The Kier molecular flexibility index (Phi) is 5.25. The Labute approximate surface area is 127 Å². The van der Waals surface area contributed by atoms with Crippen molar-refractivity contribution < 1.29 is 14.7 Å². The minimum absolute atomic E-state index is 0.0177. The maximum atomic E-state index is 12.3. The van der Waals surface area contributed by atoms with Crippen LogP contribution in [-0.2, 0) is 9.59 Å². The first-order valence-electron chi connectivity index (χ1n) is 8.11. The van der Waals surface area contributed by atoms with E-state index in [-0.39, 0.29) is 17.7 Å². The molecule has 1 aliphatic heterocycles. The van der Waals surface area contributed by atoms with E-state index < -0.39 is 6.10 Å². The molecule has 2 amide bonds. The number of amides is 2. The summed E-state index contributed by atoms with van der Waals surface area (Å²) in [5, 5.41) is 9.38. The van der Waals surface area contributed by atoms with Gasteiger partial charge in [-0.1, -0.05) is 6.92 Å². The van der Waals surface area contributed by atoms with Gasteiger partial charge in [0.15, 0.2) is 0 Å². The molecular formula is C16H28N2O3. The zero-order chi connectivity index (χ0) is 15.6. The zero-order valence-corrected chi connectivity index (χ0v) is 13.4. The summed E-state index contributed by atoms with van der Waals surface area (Å²) in [5.74, 6) is 0.628. The van der Waals surface area contributed by atoms with Gasteiger partial charge in [-0.25, -0.2) is 0 Å². The van der Waals surface area contributed by atoms with Crippen molar-refractivity contribution in [3.8, 4) is 0 Å². The van der Waals surface area contributed by atoms with Crippen LogP contribution < -0.4 is 0 Å². The third kappa shape index (κ3) is 3.96. The van der Waals surface area contributed by atoms with Crippen LogP contribution in [0.25, 0.3) is 0 Å². The predicted octanol–water partition coefficient (Wildman–Crippen LogP) is 1.25. The summed E-state index contributed by atoms with van der Waals surface area (Å²) in [6, 6.07) is 0.327. The summed E-state index contributed by atoms with van der Waals surface area (Å²) in [4.78, 5) is 28.0. The van der Waals surface area contributed by atoms with Crippen LogP contribution in [0.15, 0.2) is 0 Å². The van der Waals surface area contributed by atoms with Gasteiger partial charge in [0, 0.05) is 32.6 Å². The van der Waals surface area contributed by atoms with E-state index in [0.29, 0.717) is 25.6 Å². The Hall–Kier alpha value is -1.10. The lowest BCUT2D eigenvalue weighted by Crippen LogP contribution is -2.41. The van der Waals surface area contributed by atoms with Gasteiger partial charge in [-0.2, -0.15) is 0 Å². The Morgan fingerprint density at radius 1 is 1.38 bits per heavy atom. The molecule has 5 nitrogen and oxygen atoms in total. The second-order valence-electron chi connectivity index (χ2n) is 6.93. The molecule has 0 aromatic rings. The molecule has 0 radical (unpaired) electrons. The molecule has 2 aliphatic rings. The van der Waals surface area contributed by atoms with Crippen molar-refractivity contribution in [1.29, 1.82) is 0 Å². The molecule has 120 valence electrons. The largest absolute Gasteiger partial charge is 0.392 e. The number of likely N-dealkylation sites (tertiary alicyclic amines) is 1.